The summed E-state index contributed by atoms with van der Waals surface area (Å²) in [4.78, 5) is 22.8. The van der Waals surface area contributed by atoms with Gasteiger partial charge >= 0.3 is 0 Å². The molecule has 2 aromatic rings. The zero-order chi connectivity index (χ0) is 15.6. The molecule has 4 nitrogen and oxygen atoms in total. The number of nitrogens with one attached hydrogen (secondary N) is 1. The first kappa shape index (κ1) is 14.7. The van der Waals surface area contributed by atoms with Crippen LogP contribution in [-0.2, 0) is 11.2 Å². The maximum atomic E-state index is 12.7. The third-order valence-electron chi connectivity index (χ3n) is 5.58. The molecule has 0 bridgehead atoms. The molecule has 4 heteroatoms. The van der Waals surface area contributed by atoms with E-state index in [9.17, 15) is 4.79 Å². The van der Waals surface area contributed by atoms with Gasteiger partial charge in [0.15, 0.2) is 0 Å². The van der Waals surface area contributed by atoms with E-state index in [-0.39, 0.29) is 0 Å². The number of H-pyrrole nitrogens is 1. The number of para-hydroxylation sites is 2. The first-order valence-electron chi connectivity index (χ1n) is 9.04. The lowest BCUT2D eigenvalue weighted by Crippen LogP contribution is -2.39. The van der Waals surface area contributed by atoms with E-state index in [2.05, 4.69) is 14.9 Å². The second-order valence-corrected chi connectivity index (χ2v) is 7.04. The Labute approximate surface area is 137 Å². The lowest BCUT2D eigenvalue weighted by molar-refractivity contribution is -0.132. The molecule has 4 rings (SSSR count). The zero-order valence-electron chi connectivity index (χ0n) is 13.6. The monoisotopic (exact) mass is 311 g/mol. The van der Waals surface area contributed by atoms with E-state index in [0.717, 1.165) is 29.3 Å². The number of fused-ring (bicyclic) bond motifs is 1. The fourth-order valence-corrected chi connectivity index (χ4v) is 4.43. The molecule has 1 saturated heterocycles. The minimum atomic E-state index is 0.319. The lowest BCUT2D eigenvalue weighted by Gasteiger charge is -2.29. The molecule has 1 atom stereocenters. The highest BCUT2D eigenvalue weighted by molar-refractivity contribution is 5.78. The minimum absolute atomic E-state index is 0.319. The molecule has 1 amide bonds. The largest absolute Gasteiger partial charge is 0.342 e. The number of nitrogens with zero attached hydrogens (tertiary/aromatic N) is 2. The van der Waals surface area contributed by atoms with Gasteiger partial charge in [0, 0.05) is 25.4 Å². The van der Waals surface area contributed by atoms with E-state index < -0.39 is 0 Å². The predicted octanol–water partition coefficient (Wildman–Crippen LogP) is 3.68. The number of carbonyl (C=O) groups is 1. The highest BCUT2D eigenvalue weighted by atomic mass is 16.2. The summed E-state index contributed by atoms with van der Waals surface area (Å²) in [5, 5.41) is 0. The molecular weight excluding hydrogens is 286 g/mol. The summed E-state index contributed by atoms with van der Waals surface area (Å²) in [7, 11) is 0. The number of aromatic amines is 1. The fourth-order valence-electron chi connectivity index (χ4n) is 4.43. The van der Waals surface area contributed by atoms with Crippen LogP contribution in [0.5, 0.6) is 0 Å². The van der Waals surface area contributed by atoms with Gasteiger partial charge in [-0.1, -0.05) is 25.0 Å². The van der Waals surface area contributed by atoms with Crippen LogP contribution >= 0.6 is 0 Å². The van der Waals surface area contributed by atoms with Crippen LogP contribution in [0.2, 0.25) is 0 Å². The molecular formula is C19H25N3O. The molecule has 1 aliphatic carbocycles. The van der Waals surface area contributed by atoms with Gasteiger partial charge in [0.05, 0.1) is 11.0 Å². The van der Waals surface area contributed by atoms with E-state index in [4.69, 9.17) is 0 Å². The quantitative estimate of drug-likeness (QED) is 0.936. The Bertz CT molecular complexity index is 654. The molecule has 2 aliphatic rings. The number of likely N-dealkylation sites (tertiary alicyclic amines) is 1. The maximum Gasteiger partial charge on any atom is 0.223 e. The Morgan fingerprint density at radius 3 is 2.83 bits per heavy atom. The second-order valence-electron chi connectivity index (χ2n) is 7.04. The minimum Gasteiger partial charge on any atom is -0.342 e. The maximum absolute atomic E-state index is 12.7. The van der Waals surface area contributed by atoms with Crippen molar-refractivity contribution in [3.63, 3.8) is 0 Å². The van der Waals surface area contributed by atoms with Crippen molar-refractivity contribution in [2.24, 2.45) is 5.92 Å². The second kappa shape index (κ2) is 6.34. The third kappa shape index (κ3) is 2.99. The molecule has 122 valence electrons. The van der Waals surface area contributed by atoms with Crippen molar-refractivity contribution in [2.75, 3.05) is 6.54 Å². The number of rotatable bonds is 4. The van der Waals surface area contributed by atoms with Crippen LogP contribution in [0.4, 0.5) is 0 Å². The number of carbonyl (C=O) groups excluding carboxylic acids is 1. The van der Waals surface area contributed by atoms with Crippen LogP contribution in [0.3, 0.4) is 0 Å². The van der Waals surface area contributed by atoms with E-state index >= 15 is 0 Å². The van der Waals surface area contributed by atoms with Gasteiger partial charge in [0.2, 0.25) is 5.91 Å². The Morgan fingerprint density at radius 2 is 2.00 bits per heavy atom. The van der Waals surface area contributed by atoms with Crippen molar-refractivity contribution < 1.29 is 4.79 Å². The Balaban J connectivity index is 1.39. The van der Waals surface area contributed by atoms with Gasteiger partial charge in [-0.3, -0.25) is 4.79 Å². The third-order valence-corrected chi connectivity index (χ3v) is 5.58. The zero-order valence-corrected chi connectivity index (χ0v) is 13.6. The van der Waals surface area contributed by atoms with Gasteiger partial charge in [-0.25, -0.2) is 4.98 Å². The molecule has 1 aromatic carbocycles. The van der Waals surface area contributed by atoms with Gasteiger partial charge in [0.25, 0.3) is 0 Å². The highest BCUT2D eigenvalue weighted by Crippen LogP contribution is 2.35. The Hall–Kier alpha value is -1.84. The normalized spacial score (nSPS) is 22.3. The molecule has 2 heterocycles. The predicted molar refractivity (Wildman–Crippen MR) is 91.1 cm³/mol. The fraction of sp³-hybridized carbons (Fsp3) is 0.579. The van der Waals surface area contributed by atoms with Gasteiger partial charge in [-0.05, 0) is 43.7 Å². The lowest BCUT2D eigenvalue weighted by atomic mass is 9.96. The summed E-state index contributed by atoms with van der Waals surface area (Å²) < 4.78 is 0. The molecule has 0 unspecified atom stereocenters. The number of aromatic nitrogens is 2. The number of hydrogen-bond donors (Lipinski definition) is 1. The van der Waals surface area contributed by atoms with E-state index in [1.54, 1.807) is 0 Å². The van der Waals surface area contributed by atoms with E-state index in [0.29, 0.717) is 24.8 Å². The first-order valence-corrected chi connectivity index (χ1v) is 9.04. The number of imidazole rings is 1. The average molecular weight is 311 g/mol. The summed E-state index contributed by atoms with van der Waals surface area (Å²) >= 11 is 0. The summed E-state index contributed by atoms with van der Waals surface area (Å²) in [6, 6.07) is 8.55. The summed E-state index contributed by atoms with van der Waals surface area (Å²) in [6.07, 6.45) is 9.00. The summed E-state index contributed by atoms with van der Waals surface area (Å²) in [5.41, 5.74) is 2.04. The summed E-state index contributed by atoms with van der Waals surface area (Å²) in [6.45, 7) is 0.958. The molecule has 0 radical (unpaired) electrons. The number of amides is 1. The van der Waals surface area contributed by atoms with Crippen LogP contribution in [0, 0.1) is 5.92 Å². The molecule has 1 aliphatic heterocycles. The molecule has 1 saturated carbocycles. The smallest absolute Gasteiger partial charge is 0.223 e. The topological polar surface area (TPSA) is 49.0 Å². The van der Waals surface area contributed by atoms with Crippen LogP contribution in [0.25, 0.3) is 11.0 Å². The van der Waals surface area contributed by atoms with Crippen LogP contribution in [-0.4, -0.2) is 33.4 Å². The van der Waals surface area contributed by atoms with Gasteiger partial charge in [-0.2, -0.15) is 0 Å². The average Bonchev–Trinajstić information content (AvgIpc) is 3.31. The van der Waals surface area contributed by atoms with Crippen LogP contribution < -0.4 is 0 Å². The molecule has 1 N–H and O–H groups in total. The van der Waals surface area contributed by atoms with Gasteiger partial charge < -0.3 is 9.88 Å². The number of aryl methyl sites for hydroxylation is 1. The van der Waals surface area contributed by atoms with Crippen molar-refractivity contribution in [3.8, 4) is 0 Å². The van der Waals surface area contributed by atoms with Crippen molar-refractivity contribution >= 4 is 16.9 Å². The van der Waals surface area contributed by atoms with Crippen LogP contribution in [0.15, 0.2) is 24.3 Å². The molecule has 23 heavy (non-hydrogen) atoms. The van der Waals surface area contributed by atoms with Crippen molar-refractivity contribution in [3.05, 3.63) is 30.1 Å². The molecule has 0 spiro atoms. The Kier molecular flexibility index (Phi) is 4.06. The molecule has 2 fully saturated rings. The standard InChI is InChI=1S/C19H25N3O/c23-19(22-13-5-10-17(22)14-6-1-2-7-14)12-11-18-20-15-8-3-4-9-16(15)21-18/h3-4,8-9,14,17H,1-2,5-7,10-13H2,(H,20,21)/t17-/m0/s1. The van der Waals surface area contributed by atoms with Crippen molar-refractivity contribution in [1.82, 2.24) is 14.9 Å². The summed E-state index contributed by atoms with van der Waals surface area (Å²) in [5.74, 6) is 2.00. The highest BCUT2D eigenvalue weighted by Gasteiger charge is 2.35. The van der Waals surface area contributed by atoms with Crippen LogP contribution in [0.1, 0.15) is 50.8 Å². The molecule has 1 aromatic heterocycles. The number of benzene rings is 1. The van der Waals surface area contributed by atoms with Crippen molar-refractivity contribution in [2.45, 2.75) is 57.4 Å². The first-order chi connectivity index (χ1) is 11.3. The Morgan fingerprint density at radius 1 is 1.17 bits per heavy atom. The van der Waals surface area contributed by atoms with E-state index in [1.807, 2.05) is 24.3 Å². The van der Waals surface area contributed by atoms with Crippen molar-refractivity contribution in [1.29, 1.82) is 0 Å². The SMILES string of the molecule is O=C(CCc1nc2ccccc2[nH]1)N1CCC[C@H]1C1CCCC1. The van der Waals surface area contributed by atoms with E-state index in [1.165, 1.54) is 38.5 Å². The number of hydrogen-bond acceptors (Lipinski definition) is 2. The van der Waals surface area contributed by atoms with Gasteiger partial charge in [0.1, 0.15) is 5.82 Å². The van der Waals surface area contributed by atoms with Gasteiger partial charge in [-0.15, -0.1) is 0 Å².